The van der Waals surface area contributed by atoms with Crippen molar-refractivity contribution in [3.8, 4) is 0 Å². The Bertz CT molecular complexity index is 1500. The van der Waals surface area contributed by atoms with Crippen molar-refractivity contribution in [3.05, 3.63) is 82.8 Å². The number of fused-ring (bicyclic) bond motifs is 1. The lowest BCUT2D eigenvalue weighted by molar-refractivity contribution is -0.137. The molecule has 0 radical (unpaired) electrons. The predicted molar refractivity (Wildman–Crippen MR) is 112 cm³/mol. The van der Waals surface area contributed by atoms with Crippen molar-refractivity contribution < 1.29 is 30.8 Å². The molecule has 4 aromatic rings. The first-order valence-corrected chi connectivity index (χ1v) is 11.0. The molecule has 0 fully saturated rings. The highest BCUT2D eigenvalue weighted by atomic mass is 35.5. The number of hydrogen-bond acceptors (Lipinski definition) is 4. The van der Waals surface area contributed by atoms with Crippen molar-refractivity contribution in [2.75, 3.05) is 5.32 Å². The minimum atomic E-state index is -4.73. The molecule has 0 aliphatic heterocycles. The normalized spacial score (nSPS) is 12.2. The van der Waals surface area contributed by atoms with Gasteiger partial charge in [0.15, 0.2) is 5.69 Å². The van der Waals surface area contributed by atoms with Crippen LogP contribution in [0.4, 0.5) is 23.2 Å². The van der Waals surface area contributed by atoms with Crippen LogP contribution in [-0.2, 0) is 16.0 Å². The summed E-state index contributed by atoms with van der Waals surface area (Å²) in [6.45, 7) is 0. The molecule has 33 heavy (non-hydrogen) atoms. The van der Waals surface area contributed by atoms with Gasteiger partial charge in [-0.3, -0.25) is 9.89 Å². The number of nitrogens with one attached hydrogen (secondary N) is 2. The fourth-order valence-electron chi connectivity index (χ4n) is 3.11. The first-order valence-electron chi connectivity index (χ1n) is 9.14. The zero-order chi connectivity index (χ0) is 24.0. The summed E-state index contributed by atoms with van der Waals surface area (Å²) in [5.41, 5.74) is -1.25. The van der Waals surface area contributed by atoms with Crippen LogP contribution in [0.25, 0.3) is 10.9 Å². The molecule has 12 heteroatoms. The summed E-state index contributed by atoms with van der Waals surface area (Å²) in [6, 6.07) is 11.1. The van der Waals surface area contributed by atoms with E-state index >= 15 is 0 Å². The number of H-pyrrole nitrogens is 1. The number of aromatic amines is 1. The zero-order valence-corrected chi connectivity index (χ0v) is 17.8. The average molecular weight is 498 g/mol. The van der Waals surface area contributed by atoms with Gasteiger partial charge in [-0.05, 0) is 54.6 Å². The molecule has 0 aliphatic rings. The highest BCUT2D eigenvalue weighted by molar-refractivity contribution is 7.91. The number of aromatic nitrogens is 2. The first-order chi connectivity index (χ1) is 15.5. The molecule has 3 aromatic carbocycles. The third-order valence-electron chi connectivity index (χ3n) is 4.70. The monoisotopic (exact) mass is 497 g/mol. The van der Waals surface area contributed by atoms with Crippen molar-refractivity contribution in [3.63, 3.8) is 0 Å². The molecule has 0 spiro atoms. The van der Waals surface area contributed by atoms with E-state index in [9.17, 15) is 30.8 Å². The number of anilines is 1. The maximum atomic E-state index is 13.5. The van der Waals surface area contributed by atoms with Gasteiger partial charge in [-0.2, -0.15) is 18.3 Å². The van der Waals surface area contributed by atoms with Gasteiger partial charge in [0.25, 0.3) is 5.91 Å². The summed E-state index contributed by atoms with van der Waals surface area (Å²) >= 11 is 5.59. The lowest BCUT2D eigenvalue weighted by Gasteiger charge is -2.11. The Hall–Kier alpha value is -3.44. The van der Waals surface area contributed by atoms with Crippen LogP contribution in [-0.4, -0.2) is 24.5 Å². The minimum absolute atomic E-state index is 0.106. The number of alkyl halides is 3. The smallest absolute Gasteiger partial charge is 0.321 e. The van der Waals surface area contributed by atoms with Gasteiger partial charge in [-0.15, -0.1) is 0 Å². The molecule has 1 aromatic heterocycles. The van der Waals surface area contributed by atoms with E-state index in [2.05, 4.69) is 15.5 Å². The van der Waals surface area contributed by atoms with Crippen LogP contribution >= 0.6 is 11.6 Å². The van der Waals surface area contributed by atoms with Crippen LogP contribution in [0.5, 0.6) is 0 Å². The third-order valence-corrected chi connectivity index (χ3v) is 6.77. The molecule has 1 heterocycles. The molecule has 0 atom stereocenters. The minimum Gasteiger partial charge on any atom is -0.321 e. The summed E-state index contributed by atoms with van der Waals surface area (Å²) in [5.74, 6) is -1.61. The quantitative estimate of drug-likeness (QED) is 0.366. The average Bonchev–Trinajstić information content (AvgIpc) is 3.18. The second-order valence-electron chi connectivity index (χ2n) is 6.89. The van der Waals surface area contributed by atoms with E-state index in [1.807, 2.05) is 0 Å². The fraction of sp³-hybridized carbons (Fsp3) is 0.0476. The standard InChI is InChI=1S/C21H12ClF4N3O3S/c22-17-6-4-12(9-16(17)21(24,25)26)27-20(30)19-15-10-14(5-7-18(15)28-29-19)33(31,32)13-3-1-2-11(23)8-13/h1-10H,(H,27,30)(H,28,29). The number of carbonyl (C=O) groups is 1. The number of carbonyl (C=O) groups excluding carboxylic acids is 1. The summed E-state index contributed by atoms with van der Waals surface area (Å²) in [7, 11) is -4.11. The number of rotatable bonds is 4. The largest absolute Gasteiger partial charge is 0.417 e. The third kappa shape index (κ3) is 4.41. The maximum Gasteiger partial charge on any atom is 0.417 e. The van der Waals surface area contributed by atoms with Crippen molar-refractivity contribution >= 4 is 43.9 Å². The van der Waals surface area contributed by atoms with Crippen LogP contribution in [0.3, 0.4) is 0 Å². The van der Waals surface area contributed by atoms with E-state index in [1.54, 1.807) is 0 Å². The van der Waals surface area contributed by atoms with E-state index in [-0.39, 0.29) is 26.6 Å². The zero-order valence-electron chi connectivity index (χ0n) is 16.2. The van der Waals surface area contributed by atoms with E-state index in [1.165, 1.54) is 36.4 Å². The molecule has 0 saturated carbocycles. The summed E-state index contributed by atoms with van der Waals surface area (Å²) < 4.78 is 78.5. The lowest BCUT2D eigenvalue weighted by Crippen LogP contribution is -2.14. The fourth-order valence-corrected chi connectivity index (χ4v) is 4.66. The highest BCUT2D eigenvalue weighted by Crippen LogP contribution is 2.36. The molecule has 0 unspecified atom stereocenters. The van der Waals surface area contributed by atoms with Gasteiger partial charge in [0.1, 0.15) is 5.82 Å². The van der Waals surface area contributed by atoms with Crippen molar-refractivity contribution in [2.24, 2.45) is 0 Å². The Balaban J connectivity index is 1.71. The molecular weight excluding hydrogens is 486 g/mol. The second-order valence-corrected chi connectivity index (χ2v) is 9.24. The summed E-state index contributed by atoms with van der Waals surface area (Å²) in [5, 5.41) is 8.28. The van der Waals surface area contributed by atoms with E-state index in [0.29, 0.717) is 11.6 Å². The molecule has 4 rings (SSSR count). The van der Waals surface area contributed by atoms with Gasteiger partial charge in [-0.1, -0.05) is 17.7 Å². The number of sulfone groups is 1. The van der Waals surface area contributed by atoms with Gasteiger partial charge in [0, 0.05) is 11.1 Å². The topological polar surface area (TPSA) is 91.9 Å². The van der Waals surface area contributed by atoms with Crippen LogP contribution in [0.2, 0.25) is 5.02 Å². The summed E-state index contributed by atoms with van der Waals surface area (Å²) in [4.78, 5) is 12.2. The Morgan fingerprint density at radius 3 is 2.42 bits per heavy atom. The number of benzene rings is 3. The van der Waals surface area contributed by atoms with E-state index in [4.69, 9.17) is 11.6 Å². The number of amides is 1. The highest BCUT2D eigenvalue weighted by Gasteiger charge is 2.33. The predicted octanol–water partition coefficient (Wildman–Crippen LogP) is 5.46. The Kier molecular flexibility index (Phi) is 5.62. The van der Waals surface area contributed by atoms with Crippen LogP contribution in [0, 0.1) is 5.82 Å². The molecule has 170 valence electrons. The van der Waals surface area contributed by atoms with E-state index in [0.717, 1.165) is 18.2 Å². The Morgan fingerprint density at radius 2 is 1.73 bits per heavy atom. The maximum absolute atomic E-state index is 13.5. The number of nitrogens with zero attached hydrogens (tertiary/aromatic N) is 1. The Morgan fingerprint density at radius 1 is 1.00 bits per heavy atom. The molecule has 0 aliphatic carbocycles. The second kappa shape index (κ2) is 8.16. The molecular formula is C21H12ClF4N3O3S. The van der Waals surface area contributed by atoms with Gasteiger partial charge in [-0.25, -0.2) is 12.8 Å². The van der Waals surface area contributed by atoms with Gasteiger partial charge < -0.3 is 5.32 Å². The number of hydrogen-bond donors (Lipinski definition) is 2. The van der Waals surface area contributed by atoms with Gasteiger partial charge in [0.2, 0.25) is 9.84 Å². The van der Waals surface area contributed by atoms with E-state index < -0.39 is 38.3 Å². The van der Waals surface area contributed by atoms with Crippen molar-refractivity contribution in [1.82, 2.24) is 10.2 Å². The lowest BCUT2D eigenvalue weighted by atomic mass is 10.1. The first kappa shape index (κ1) is 22.7. The van der Waals surface area contributed by atoms with Crippen molar-refractivity contribution in [1.29, 1.82) is 0 Å². The molecule has 1 amide bonds. The molecule has 0 bridgehead atoms. The number of halogens is 5. The van der Waals surface area contributed by atoms with Crippen LogP contribution < -0.4 is 5.32 Å². The van der Waals surface area contributed by atoms with Crippen LogP contribution in [0.15, 0.2) is 70.5 Å². The molecule has 6 nitrogen and oxygen atoms in total. The molecule has 0 saturated heterocycles. The van der Waals surface area contributed by atoms with Crippen LogP contribution in [0.1, 0.15) is 16.1 Å². The van der Waals surface area contributed by atoms with Gasteiger partial charge in [0.05, 0.1) is 25.9 Å². The van der Waals surface area contributed by atoms with Crippen molar-refractivity contribution in [2.45, 2.75) is 16.0 Å². The summed E-state index contributed by atoms with van der Waals surface area (Å²) in [6.07, 6.45) is -4.73. The Labute approximate surface area is 189 Å². The molecule has 2 N–H and O–H groups in total. The SMILES string of the molecule is O=C(Nc1ccc(Cl)c(C(F)(F)F)c1)c1n[nH]c2ccc(S(=O)(=O)c3cccc(F)c3)cc12. The van der Waals surface area contributed by atoms with Gasteiger partial charge >= 0.3 is 6.18 Å².